The van der Waals surface area contributed by atoms with Gasteiger partial charge in [0.25, 0.3) is 5.19 Å². The van der Waals surface area contributed by atoms with Crippen LogP contribution in [-0.2, 0) is 11.2 Å². The highest BCUT2D eigenvalue weighted by atomic mass is 32.1. The third-order valence-electron chi connectivity index (χ3n) is 2.98. The van der Waals surface area contributed by atoms with E-state index >= 15 is 0 Å². The molecular formula is C12H17NO2S. The number of rotatable bonds is 3. The molecule has 0 amide bonds. The molecule has 1 saturated carbocycles. The lowest BCUT2D eigenvalue weighted by atomic mass is 9.86. The van der Waals surface area contributed by atoms with Crippen LogP contribution in [0.5, 0.6) is 5.19 Å². The molecule has 16 heavy (non-hydrogen) atoms. The lowest BCUT2D eigenvalue weighted by molar-refractivity contribution is -0.131. The van der Waals surface area contributed by atoms with Crippen molar-refractivity contribution in [1.82, 2.24) is 4.98 Å². The van der Waals surface area contributed by atoms with Crippen molar-refractivity contribution in [3.63, 3.8) is 0 Å². The Labute approximate surface area is 99.8 Å². The number of ether oxygens (including phenoxy) is 1. The molecule has 1 aliphatic carbocycles. The first-order chi connectivity index (χ1) is 7.74. The van der Waals surface area contributed by atoms with Crippen molar-refractivity contribution in [3.05, 3.63) is 11.1 Å². The third kappa shape index (κ3) is 3.30. The fourth-order valence-corrected chi connectivity index (χ4v) is 2.96. The Morgan fingerprint density at radius 1 is 1.50 bits per heavy atom. The summed E-state index contributed by atoms with van der Waals surface area (Å²) in [6, 6.07) is 0. The summed E-state index contributed by atoms with van der Waals surface area (Å²) in [5.74, 6) is 0.486. The molecule has 3 nitrogen and oxygen atoms in total. The van der Waals surface area contributed by atoms with Crippen molar-refractivity contribution < 1.29 is 9.53 Å². The Morgan fingerprint density at radius 2 is 2.25 bits per heavy atom. The second kappa shape index (κ2) is 5.43. The van der Waals surface area contributed by atoms with E-state index in [1.165, 1.54) is 50.4 Å². The Balaban J connectivity index is 1.88. The van der Waals surface area contributed by atoms with E-state index in [0.717, 1.165) is 18.0 Å². The molecule has 1 heterocycles. The number of esters is 1. The van der Waals surface area contributed by atoms with Crippen LogP contribution in [0.3, 0.4) is 0 Å². The van der Waals surface area contributed by atoms with Gasteiger partial charge in [0, 0.05) is 12.3 Å². The molecule has 1 aromatic rings. The van der Waals surface area contributed by atoms with Crippen molar-refractivity contribution >= 4 is 17.3 Å². The smallest absolute Gasteiger partial charge is 0.309 e. The van der Waals surface area contributed by atoms with Crippen LogP contribution in [0.15, 0.2) is 5.38 Å². The van der Waals surface area contributed by atoms with Crippen molar-refractivity contribution in [3.8, 4) is 5.19 Å². The molecule has 0 aliphatic heterocycles. The zero-order valence-electron chi connectivity index (χ0n) is 9.57. The maximum atomic E-state index is 10.8. The van der Waals surface area contributed by atoms with Gasteiger partial charge in [-0.1, -0.05) is 43.4 Å². The molecule has 0 spiro atoms. The summed E-state index contributed by atoms with van der Waals surface area (Å²) >= 11 is 1.41. The molecule has 0 saturated heterocycles. The fraction of sp³-hybridized carbons (Fsp3) is 0.667. The number of thiazole rings is 1. The molecule has 1 aliphatic rings. The number of carbonyl (C=O) groups excluding carboxylic acids is 1. The van der Waals surface area contributed by atoms with Gasteiger partial charge in [-0.25, -0.2) is 4.98 Å². The summed E-state index contributed by atoms with van der Waals surface area (Å²) in [5.41, 5.74) is 1.08. The largest absolute Gasteiger partial charge is 0.398 e. The SMILES string of the molecule is CC(=O)Oc1nc(CC2CCCCC2)cs1. The van der Waals surface area contributed by atoms with Crippen LogP contribution in [0.4, 0.5) is 0 Å². The van der Waals surface area contributed by atoms with Gasteiger partial charge in [0.15, 0.2) is 0 Å². The van der Waals surface area contributed by atoms with Gasteiger partial charge in [-0.05, 0) is 12.3 Å². The highest BCUT2D eigenvalue weighted by molar-refractivity contribution is 7.11. The third-order valence-corrected chi connectivity index (χ3v) is 3.75. The van der Waals surface area contributed by atoms with Gasteiger partial charge in [0.1, 0.15) is 0 Å². The Hall–Kier alpha value is -0.900. The van der Waals surface area contributed by atoms with Gasteiger partial charge >= 0.3 is 5.97 Å². The number of nitrogens with zero attached hydrogens (tertiary/aromatic N) is 1. The second-order valence-corrected chi connectivity index (χ2v) is 5.23. The Bertz CT molecular complexity index is 356. The first-order valence-electron chi connectivity index (χ1n) is 5.87. The minimum Gasteiger partial charge on any atom is -0.398 e. The molecule has 0 bridgehead atoms. The molecule has 0 N–H and O–H groups in total. The maximum absolute atomic E-state index is 10.8. The molecule has 2 rings (SSSR count). The quantitative estimate of drug-likeness (QED) is 0.760. The van der Waals surface area contributed by atoms with Crippen LogP contribution in [0.25, 0.3) is 0 Å². The van der Waals surface area contributed by atoms with E-state index < -0.39 is 0 Å². The van der Waals surface area contributed by atoms with Gasteiger partial charge in [-0.3, -0.25) is 4.79 Å². The van der Waals surface area contributed by atoms with Gasteiger partial charge in [-0.15, -0.1) is 0 Å². The molecule has 0 unspecified atom stereocenters. The van der Waals surface area contributed by atoms with E-state index in [0.29, 0.717) is 5.19 Å². The molecular weight excluding hydrogens is 222 g/mol. The van der Waals surface area contributed by atoms with Gasteiger partial charge in [-0.2, -0.15) is 0 Å². The summed E-state index contributed by atoms with van der Waals surface area (Å²) in [6.07, 6.45) is 7.77. The minimum atomic E-state index is -0.293. The molecule has 88 valence electrons. The molecule has 4 heteroatoms. The van der Waals surface area contributed by atoms with E-state index in [1.54, 1.807) is 0 Å². The number of hydrogen-bond donors (Lipinski definition) is 0. The summed E-state index contributed by atoms with van der Waals surface area (Å²) in [6.45, 7) is 1.40. The van der Waals surface area contributed by atoms with Crippen LogP contribution >= 0.6 is 11.3 Å². The Kier molecular flexibility index (Phi) is 3.93. The summed E-state index contributed by atoms with van der Waals surface area (Å²) in [5, 5.41) is 2.49. The van der Waals surface area contributed by atoms with Gasteiger partial charge in [0.2, 0.25) is 0 Å². The van der Waals surface area contributed by atoms with Crippen LogP contribution in [-0.4, -0.2) is 11.0 Å². The van der Waals surface area contributed by atoms with E-state index in [4.69, 9.17) is 4.74 Å². The van der Waals surface area contributed by atoms with Crippen LogP contribution in [0.1, 0.15) is 44.7 Å². The van der Waals surface area contributed by atoms with Gasteiger partial charge in [0.05, 0.1) is 5.69 Å². The fourth-order valence-electron chi connectivity index (χ4n) is 2.24. The van der Waals surface area contributed by atoms with Crippen molar-refractivity contribution in [2.24, 2.45) is 5.92 Å². The number of carbonyl (C=O) groups is 1. The van der Waals surface area contributed by atoms with Crippen molar-refractivity contribution in [2.75, 3.05) is 0 Å². The van der Waals surface area contributed by atoms with Crippen LogP contribution in [0.2, 0.25) is 0 Å². The monoisotopic (exact) mass is 239 g/mol. The number of aromatic nitrogens is 1. The molecule has 0 radical (unpaired) electrons. The zero-order chi connectivity index (χ0) is 11.4. The Morgan fingerprint density at radius 3 is 2.94 bits per heavy atom. The highest BCUT2D eigenvalue weighted by Crippen LogP contribution is 2.28. The summed E-state index contributed by atoms with van der Waals surface area (Å²) in [7, 11) is 0. The summed E-state index contributed by atoms with van der Waals surface area (Å²) < 4.78 is 4.95. The highest BCUT2D eigenvalue weighted by Gasteiger charge is 2.15. The molecule has 0 atom stereocenters. The van der Waals surface area contributed by atoms with Crippen LogP contribution in [0, 0.1) is 5.92 Å². The van der Waals surface area contributed by atoms with E-state index in [2.05, 4.69) is 4.98 Å². The zero-order valence-corrected chi connectivity index (χ0v) is 10.4. The van der Waals surface area contributed by atoms with Crippen molar-refractivity contribution in [1.29, 1.82) is 0 Å². The maximum Gasteiger partial charge on any atom is 0.309 e. The van der Waals surface area contributed by atoms with Gasteiger partial charge < -0.3 is 4.74 Å². The van der Waals surface area contributed by atoms with E-state index in [-0.39, 0.29) is 5.97 Å². The standard InChI is InChI=1S/C12H17NO2S/c1-9(14)15-12-13-11(8-16-12)7-10-5-3-2-4-6-10/h8,10H,2-7H2,1H3. The molecule has 1 aromatic heterocycles. The second-order valence-electron chi connectivity index (χ2n) is 4.41. The molecule has 0 aromatic carbocycles. The van der Waals surface area contributed by atoms with Crippen molar-refractivity contribution in [2.45, 2.75) is 45.4 Å². The minimum absolute atomic E-state index is 0.293. The average Bonchev–Trinajstić information content (AvgIpc) is 2.66. The predicted molar refractivity (Wildman–Crippen MR) is 63.7 cm³/mol. The normalized spacial score (nSPS) is 17.3. The predicted octanol–water partition coefficient (Wildman–Crippen LogP) is 3.19. The van der Waals surface area contributed by atoms with Crippen LogP contribution < -0.4 is 4.74 Å². The lowest BCUT2D eigenvalue weighted by Gasteiger charge is -2.20. The molecule has 1 fully saturated rings. The lowest BCUT2D eigenvalue weighted by Crippen LogP contribution is -2.09. The van der Waals surface area contributed by atoms with E-state index in [1.807, 2.05) is 5.38 Å². The topological polar surface area (TPSA) is 39.2 Å². The van der Waals surface area contributed by atoms with E-state index in [9.17, 15) is 4.79 Å². The average molecular weight is 239 g/mol. The summed E-state index contributed by atoms with van der Waals surface area (Å²) in [4.78, 5) is 15.1. The first kappa shape index (κ1) is 11.6. The first-order valence-corrected chi connectivity index (χ1v) is 6.75. The number of hydrogen-bond acceptors (Lipinski definition) is 4.